The number of nitrogens with zero attached hydrogens (tertiary/aromatic N) is 1. The number of carboxylic acid groups (broad SMARTS) is 1. The van der Waals surface area contributed by atoms with E-state index in [4.69, 9.17) is 5.41 Å². The maximum atomic E-state index is 11.9. The Kier molecular flexibility index (Phi) is 10.4. The summed E-state index contributed by atoms with van der Waals surface area (Å²) in [6, 6.07) is 0. The van der Waals surface area contributed by atoms with E-state index < -0.39 is 23.2 Å². The van der Waals surface area contributed by atoms with Crippen LogP contribution in [0.1, 0.15) is 52.9 Å². The molecule has 0 bridgehead atoms. The summed E-state index contributed by atoms with van der Waals surface area (Å²) in [6.45, 7) is 5.07. The maximum absolute atomic E-state index is 11.9. The van der Waals surface area contributed by atoms with Crippen molar-refractivity contribution in [1.29, 1.82) is 5.41 Å². The number of carbonyl (C=O) groups is 2. The lowest BCUT2D eigenvalue weighted by molar-refractivity contribution is -0.134. The van der Waals surface area contributed by atoms with Gasteiger partial charge in [0.2, 0.25) is 0 Å². The molecule has 0 amide bonds. The number of amidine groups is 1. The monoisotopic (exact) mass is 464 g/mol. The Labute approximate surface area is 180 Å². The standard InChI is InChI=1S/C22H29BrN2O4/c1-4-5-6-7-10-15(2)14-25(20(22(28)29)21(27)16(3)26)19(24)13-17-11-8-9-12-18(17)23/h5-6,9-10,12,24,27H,4,7-8,11,13-14H2,1-3H3,(H,28,29)/b6-5?,15-10+,21-20+,24-19?. The van der Waals surface area contributed by atoms with Gasteiger partial charge in [0, 0.05) is 24.4 Å². The molecule has 0 radical (unpaired) electrons. The molecule has 158 valence electrons. The van der Waals surface area contributed by atoms with E-state index in [0.717, 1.165) is 41.8 Å². The highest BCUT2D eigenvalue weighted by atomic mass is 79.9. The minimum Gasteiger partial charge on any atom is -0.503 e. The number of ketones is 1. The van der Waals surface area contributed by atoms with E-state index in [2.05, 4.69) is 15.9 Å². The fourth-order valence-electron chi connectivity index (χ4n) is 2.82. The molecule has 0 aliphatic heterocycles. The highest BCUT2D eigenvalue weighted by Gasteiger charge is 2.28. The number of Topliss-reactive ketones (excluding diaryl/α,β-unsaturated/α-hetero) is 1. The van der Waals surface area contributed by atoms with Gasteiger partial charge >= 0.3 is 5.97 Å². The van der Waals surface area contributed by atoms with E-state index in [0.29, 0.717) is 6.42 Å². The number of hydrogen-bond acceptors (Lipinski definition) is 4. The molecule has 0 saturated heterocycles. The van der Waals surface area contributed by atoms with Gasteiger partial charge in [0.05, 0.1) is 0 Å². The third kappa shape index (κ3) is 7.85. The van der Waals surface area contributed by atoms with Crippen molar-refractivity contribution in [3.05, 3.63) is 57.5 Å². The first-order chi connectivity index (χ1) is 13.7. The average Bonchev–Trinajstić information content (AvgIpc) is 2.66. The summed E-state index contributed by atoms with van der Waals surface area (Å²) in [4.78, 5) is 24.7. The van der Waals surface area contributed by atoms with Crippen LogP contribution in [-0.4, -0.2) is 39.2 Å². The summed E-state index contributed by atoms with van der Waals surface area (Å²) < 4.78 is 0.877. The number of aliphatic hydroxyl groups excluding tert-OH is 1. The van der Waals surface area contributed by atoms with Crippen molar-refractivity contribution in [2.45, 2.75) is 52.9 Å². The van der Waals surface area contributed by atoms with Crippen molar-refractivity contribution in [2.75, 3.05) is 6.54 Å². The molecule has 0 aromatic carbocycles. The van der Waals surface area contributed by atoms with Crippen LogP contribution in [-0.2, 0) is 9.59 Å². The van der Waals surface area contributed by atoms with Crippen molar-refractivity contribution >= 4 is 33.5 Å². The van der Waals surface area contributed by atoms with Gasteiger partial charge in [-0.2, -0.15) is 0 Å². The number of aliphatic carboxylic acids is 1. The first-order valence-corrected chi connectivity index (χ1v) is 10.3. The second kappa shape index (κ2) is 12.2. The van der Waals surface area contributed by atoms with E-state index in [9.17, 15) is 19.8 Å². The van der Waals surface area contributed by atoms with E-state index in [-0.39, 0.29) is 18.8 Å². The molecule has 1 aliphatic carbocycles. The average molecular weight is 465 g/mol. The molecule has 1 aliphatic rings. The van der Waals surface area contributed by atoms with Gasteiger partial charge in [0.1, 0.15) is 5.84 Å². The predicted molar refractivity (Wildman–Crippen MR) is 119 cm³/mol. The Morgan fingerprint density at radius 3 is 2.52 bits per heavy atom. The number of allylic oxidation sites excluding steroid dienone is 7. The first kappa shape index (κ1) is 24.6. The van der Waals surface area contributed by atoms with Crippen LogP contribution in [0.4, 0.5) is 0 Å². The summed E-state index contributed by atoms with van der Waals surface area (Å²) in [5, 5.41) is 28.3. The zero-order valence-electron chi connectivity index (χ0n) is 17.2. The number of halogens is 1. The Morgan fingerprint density at radius 1 is 1.28 bits per heavy atom. The van der Waals surface area contributed by atoms with Crippen molar-refractivity contribution < 1.29 is 19.8 Å². The zero-order valence-corrected chi connectivity index (χ0v) is 18.8. The predicted octanol–water partition coefficient (Wildman–Crippen LogP) is 5.40. The van der Waals surface area contributed by atoms with Crippen molar-refractivity contribution in [3.63, 3.8) is 0 Å². The number of hydrogen-bond donors (Lipinski definition) is 3. The summed E-state index contributed by atoms with van der Waals surface area (Å²) in [5.41, 5.74) is 1.24. The molecular formula is C22H29BrN2O4. The Balaban J connectivity index is 3.26. The summed E-state index contributed by atoms with van der Waals surface area (Å²) in [5.74, 6) is -3.04. The maximum Gasteiger partial charge on any atom is 0.356 e. The van der Waals surface area contributed by atoms with Crippen LogP contribution in [0.3, 0.4) is 0 Å². The quantitative estimate of drug-likeness (QED) is 0.132. The van der Waals surface area contributed by atoms with Gasteiger partial charge < -0.3 is 15.1 Å². The molecule has 7 heteroatoms. The van der Waals surface area contributed by atoms with Crippen LogP contribution in [0.5, 0.6) is 0 Å². The second-order valence-corrected chi connectivity index (χ2v) is 7.68. The Morgan fingerprint density at radius 2 is 1.97 bits per heavy atom. The Hall–Kier alpha value is -2.41. The molecule has 1 rings (SSSR count). The minimum atomic E-state index is -1.45. The fraction of sp³-hybridized carbons (Fsp3) is 0.409. The molecular weight excluding hydrogens is 436 g/mol. The van der Waals surface area contributed by atoms with Crippen LogP contribution in [0.15, 0.2) is 57.5 Å². The van der Waals surface area contributed by atoms with Gasteiger partial charge in [0.25, 0.3) is 0 Å². The van der Waals surface area contributed by atoms with E-state index in [1.54, 1.807) is 0 Å². The SMILES string of the molecule is CCC=CC/C=C(\C)CN(C(=N)CC1=C(Br)C=CCC1)/C(C(=O)O)=C(/O)C(C)=O. The lowest BCUT2D eigenvalue weighted by Gasteiger charge is -2.27. The molecule has 0 atom stereocenters. The normalized spacial score (nSPS) is 15.5. The molecule has 0 spiro atoms. The zero-order chi connectivity index (χ0) is 22.0. The molecule has 0 fully saturated rings. The molecule has 0 heterocycles. The van der Waals surface area contributed by atoms with Gasteiger partial charge in [0.15, 0.2) is 17.2 Å². The molecule has 29 heavy (non-hydrogen) atoms. The van der Waals surface area contributed by atoms with Gasteiger partial charge in [-0.3, -0.25) is 10.2 Å². The van der Waals surface area contributed by atoms with Crippen LogP contribution >= 0.6 is 15.9 Å². The molecule has 3 N–H and O–H groups in total. The number of rotatable bonds is 10. The van der Waals surface area contributed by atoms with E-state index in [1.165, 1.54) is 4.90 Å². The number of carbonyl (C=O) groups excluding carboxylic acids is 1. The van der Waals surface area contributed by atoms with Crippen LogP contribution in [0.2, 0.25) is 0 Å². The number of nitrogens with one attached hydrogen (secondary N) is 1. The Bertz CT molecular complexity index is 804. The molecule has 0 aromatic rings. The smallest absolute Gasteiger partial charge is 0.356 e. The fourth-order valence-corrected chi connectivity index (χ4v) is 3.34. The molecule has 6 nitrogen and oxygen atoms in total. The van der Waals surface area contributed by atoms with Crippen molar-refractivity contribution in [2.24, 2.45) is 0 Å². The highest BCUT2D eigenvalue weighted by Crippen LogP contribution is 2.28. The number of aliphatic hydroxyl groups is 1. The van der Waals surface area contributed by atoms with Crippen molar-refractivity contribution in [3.8, 4) is 0 Å². The third-order valence-electron chi connectivity index (χ3n) is 4.36. The topological polar surface area (TPSA) is 102 Å². The third-order valence-corrected chi connectivity index (χ3v) is 5.19. The summed E-state index contributed by atoms with van der Waals surface area (Å²) in [7, 11) is 0. The van der Waals surface area contributed by atoms with Gasteiger partial charge in [-0.25, -0.2) is 4.79 Å². The largest absolute Gasteiger partial charge is 0.503 e. The van der Waals surface area contributed by atoms with Crippen LogP contribution in [0.25, 0.3) is 0 Å². The highest BCUT2D eigenvalue weighted by molar-refractivity contribution is 9.11. The van der Waals surface area contributed by atoms with Crippen LogP contribution < -0.4 is 0 Å². The summed E-state index contributed by atoms with van der Waals surface area (Å²) >= 11 is 3.48. The van der Waals surface area contributed by atoms with Gasteiger partial charge in [-0.1, -0.05) is 58.8 Å². The van der Waals surface area contributed by atoms with E-state index >= 15 is 0 Å². The lowest BCUT2D eigenvalue weighted by Crippen LogP contribution is -2.36. The number of carboxylic acids is 1. The molecule has 0 saturated carbocycles. The minimum absolute atomic E-state index is 0.00861. The molecule has 0 aromatic heterocycles. The lowest BCUT2D eigenvalue weighted by atomic mass is 10.0. The first-order valence-electron chi connectivity index (χ1n) is 9.56. The van der Waals surface area contributed by atoms with E-state index in [1.807, 2.05) is 44.2 Å². The van der Waals surface area contributed by atoms with Gasteiger partial charge in [-0.05, 0) is 38.2 Å². The summed E-state index contributed by atoms with van der Waals surface area (Å²) in [6.07, 6.45) is 13.4. The second-order valence-electron chi connectivity index (χ2n) is 6.83. The van der Waals surface area contributed by atoms with Crippen LogP contribution in [0, 0.1) is 5.41 Å². The van der Waals surface area contributed by atoms with Crippen molar-refractivity contribution in [1.82, 2.24) is 4.90 Å². The van der Waals surface area contributed by atoms with Gasteiger partial charge in [-0.15, -0.1) is 0 Å². The molecule has 0 unspecified atom stereocenters.